The van der Waals surface area contributed by atoms with E-state index in [1.807, 2.05) is 69.4 Å². The molecule has 210 valence electrons. The maximum atomic E-state index is 7.00. The molecule has 1 aliphatic heterocycles. The number of fused-ring (bicyclic) bond motifs is 2. The average molecular weight is 536 g/mol. The molecule has 0 aliphatic carbocycles. The van der Waals surface area contributed by atoms with Crippen molar-refractivity contribution in [3.8, 4) is 5.75 Å². The SMILES string of the molecule is C=CC(=C)N.CC.CN(C)c1ncnc2c1ccn2C1CCC(COc2ccc3ccc(N)nc3c2)O1.CO. The van der Waals surface area contributed by atoms with Gasteiger partial charge in [-0.1, -0.05) is 27.0 Å². The van der Waals surface area contributed by atoms with Gasteiger partial charge < -0.3 is 35.5 Å². The molecule has 2 unspecified atom stereocenters. The van der Waals surface area contributed by atoms with E-state index in [-0.39, 0.29) is 12.3 Å². The first kappa shape index (κ1) is 31.1. The zero-order chi connectivity index (χ0) is 28.9. The van der Waals surface area contributed by atoms with Crippen molar-refractivity contribution in [2.45, 2.75) is 39.0 Å². The second-order valence-corrected chi connectivity index (χ2v) is 8.52. The Morgan fingerprint density at radius 2 is 1.87 bits per heavy atom. The number of aliphatic hydroxyl groups is 1. The molecule has 0 spiro atoms. The number of rotatable bonds is 6. The summed E-state index contributed by atoms with van der Waals surface area (Å²) in [6.07, 6.45) is 6.93. The molecule has 0 amide bonds. The number of anilines is 2. The predicted octanol–water partition coefficient (Wildman–Crippen LogP) is 4.66. The second kappa shape index (κ2) is 15.3. The Balaban J connectivity index is 0.000000527. The Morgan fingerprint density at radius 1 is 1.18 bits per heavy atom. The zero-order valence-electron chi connectivity index (χ0n) is 23.5. The van der Waals surface area contributed by atoms with Crippen molar-refractivity contribution in [1.29, 1.82) is 0 Å². The maximum Gasteiger partial charge on any atom is 0.147 e. The summed E-state index contributed by atoms with van der Waals surface area (Å²) in [6.45, 7) is 11.2. The fraction of sp³-hybridized carbons (Fsp3) is 0.345. The summed E-state index contributed by atoms with van der Waals surface area (Å²) in [5.74, 6) is 2.17. The summed E-state index contributed by atoms with van der Waals surface area (Å²) >= 11 is 0. The number of nitrogen functional groups attached to an aromatic ring is 1. The highest BCUT2D eigenvalue weighted by atomic mass is 16.6. The van der Waals surface area contributed by atoms with Crippen LogP contribution in [0.25, 0.3) is 21.9 Å². The third-order valence-electron chi connectivity index (χ3n) is 5.69. The molecule has 5 rings (SSSR count). The maximum absolute atomic E-state index is 7.00. The quantitative estimate of drug-likeness (QED) is 0.301. The van der Waals surface area contributed by atoms with Crippen LogP contribution in [0.1, 0.15) is 32.9 Å². The van der Waals surface area contributed by atoms with E-state index in [0.717, 1.165) is 53.5 Å². The largest absolute Gasteiger partial charge is 0.491 e. The fourth-order valence-corrected chi connectivity index (χ4v) is 3.95. The summed E-state index contributed by atoms with van der Waals surface area (Å²) in [5.41, 5.74) is 13.0. The average Bonchev–Trinajstić information content (AvgIpc) is 3.61. The van der Waals surface area contributed by atoms with Crippen molar-refractivity contribution in [2.75, 3.05) is 38.4 Å². The minimum absolute atomic E-state index is 0.0205. The van der Waals surface area contributed by atoms with Crippen molar-refractivity contribution in [2.24, 2.45) is 5.73 Å². The molecule has 1 fully saturated rings. The number of pyridine rings is 1. The number of allylic oxidation sites excluding steroid dienone is 1. The Hall–Kier alpha value is -4.15. The molecule has 1 aromatic carbocycles. The van der Waals surface area contributed by atoms with Gasteiger partial charge in [0.25, 0.3) is 0 Å². The van der Waals surface area contributed by atoms with Gasteiger partial charge in [-0.25, -0.2) is 15.0 Å². The molecule has 2 atom stereocenters. The van der Waals surface area contributed by atoms with E-state index < -0.39 is 0 Å². The summed E-state index contributed by atoms with van der Waals surface area (Å²) in [5, 5.41) is 9.06. The molecule has 1 saturated heterocycles. The van der Waals surface area contributed by atoms with Crippen LogP contribution in [0.2, 0.25) is 0 Å². The molecule has 10 heteroatoms. The van der Waals surface area contributed by atoms with Gasteiger partial charge >= 0.3 is 0 Å². The van der Waals surface area contributed by atoms with Gasteiger partial charge in [-0.3, -0.25) is 0 Å². The summed E-state index contributed by atoms with van der Waals surface area (Å²) in [4.78, 5) is 15.2. The fourth-order valence-electron chi connectivity index (χ4n) is 3.95. The molecular formula is C29H41N7O3. The van der Waals surface area contributed by atoms with Gasteiger partial charge in [0.2, 0.25) is 0 Å². The lowest BCUT2D eigenvalue weighted by atomic mass is 10.2. The van der Waals surface area contributed by atoms with Crippen molar-refractivity contribution < 1.29 is 14.6 Å². The van der Waals surface area contributed by atoms with Gasteiger partial charge in [0.05, 0.1) is 17.0 Å². The molecule has 0 radical (unpaired) electrons. The number of ether oxygens (including phenoxy) is 2. The predicted molar refractivity (Wildman–Crippen MR) is 160 cm³/mol. The van der Waals surface area contributed by atoms with Gasteiger partial charge in [-0.2, -0.15) is 0 Å². The number of aliphatic hydroxyl groups excluding tert-OH is 1. The van der Waals surface area contributed by atoms with E-state index in [0.29, 0.717) is 18.1 Å². The normalized spacial score (nSPS) is 15.6. The summed E-state index contributed by atoms with van der Waals surface area (Å²) in [6, 6.07) is 11.7. The van der Waals surface area contributed by atoms with E-state index in [2.05, 4.69) is 32.7 Å². The van der Waals surface area contributed by atoms with Crippen LogP contribution in [0.15, 0.2) is 73.9 Å². The highest BCUT2D eigenvalue weighted by Gasteiger charge is 2.28. The van der Waals surface area contributed by atoms with Crippen LogP contribution >= 0.6 is 0 Å². The third-order valence-corrected chi connectivity index (χ3v) is 5.69. The number of benzene rings is 1. The molecule has 3 aromatic heterocycles. The van der Waals surface area contributed by atoms with Crippen LogP contribution in [0.5, 0.6) is 5.75 Å². The van der Waals surface area contributed by atoms with Crippen molar-refractivity contribution >= 4 is 33.6 Å². The van der Waals surface area contributed by atoms with Gasteiger partial charge in [0.1, 0.15) is 42.2 Å². The minimum atomic E-state index is -0.0564. The molecule has 4 aromatic rings. The van der Waals surface area contributed by atoms with Gasteiger partial charge in [0, 0.05) is 44.6 Å². The lowest BCUT2D eigenvalue weighted by Gasteiger charge is -2.17. The first-order chi connectivity index (χ1) is 18.9. The van der Waals surface area contributed by atoms with Crippen LogP contribution in [0.3, 0.4) is 0 Å². The first-order valence-electron chi connectivity index (χ1n) is 12.8. The summed E-state index contributed by atoms with van der Waals surface area (Å²) in [7, 11) is 4.96. The lowest BCUT2D eigenvalue weighted by Crippen LogP contribution is -2.18. The van der Waals surface area contributed by atoms with E-state index in [1.54, 1.807) is 12.4 Å². The van der Waals surface area contributed by atoms with Crippen LogP contribution in [0.4, 0.5) is 11.6 Å². The molecule has 10 nitrogen and oxygen atoms in total. The lowest BCUT2D eigenvalue weighted by molar-refractivity contribution is -0.0156. The Bertz CT molecular complexity index is 1350. The van der Waals surface area contributed by atoms with Crippen LogP contribution < -0.4 is 21.1 Å². The second-order valence-electron chi connectivity index (χ2n) is 8.52. The van der Waals surface area contributed by atoms with Crippen LogP contribution in [0, 0.1) is 0 Å². The van der Waals surface area contributed by atoms with E-state index in [9.17, 15) is 0 Å². The smallest absolute Gasteiger partial charge is 0.147 e. The zero-order valence-corrected chi connectivity index (χ0v) is 23.5. The van der Waals surface area contributed by atoms with E-state index in [4.69, 9.17) is 26.0 Å². The Labute approximate surface area is 230 Å². The van der Waals surface area contributed by atoms with Gasteiger partial charge in [-0.15, -0.1) is 0 Å². The first-order valence-corrected chi connectivity index (χ1v) is 12.8. The Morgan fingerprint density at radius 3 is 2.54 bits per heavy atom. The molecule has 0 saturated carbocycles. The number of nitrogens with zero attached hydrogens (tertiary/aromatic N) is 5. The molecule has 4 heterocycles. The van der Waals surface area contributed by atoms with Crippen LogP contribution in [-0.4, -0.2) is 58.5 Å². The monoisotopic (exact) mass is 535 g/mol. The van der Waals surface area contributed by atoms with Crippen molar-refractivity contribution in [3.05, 3.63) is 73.9 Å². The van der Waals surface area contributed by atoms with Crippen molar-refractivity contribution in [3.63, 3.8) is 0 Å². The standard InChI is InChI=1S/C22H24N6O2.C4H7N.C2H6.CH4O/c1-27(2)21-17-9-10-28(22(17)25-13-24-21)20-8-6-16(30-20)12-29-15-5-3-14-4-7-19(23)26-18(14)11-15;1-3-4(2)5;2*1-2/h3-5,7,9-11,13,16,20H,6,8,12H2,1-2H3,(H2,23,26);3H,1-2,5H2;1-2H3;2H,1H3. The van der Waals surface area contributed by atoms with E-state index >= 15 is 0 Å². The number of hydrogen-bond donors (Lipinski definition) is 3. The molecule has 0 bridgehead atoms. The highest BCUT2D eigenvalue weighted by molar-refractivity contribution is 5.87. The number of aromatic nitrogens is 4. The van der Waals surface area contributed by atoms with Crippen LogP contribution in [-0.2, 0) is 4.74 Å². The van der Waals surface area contributed by atoms with E-state index in [1.165, 1.54) is 6.08 Å². The minimum Gasteiger partial charge on any atom is -0.491 e. The number of nitrogens with two attached hydrogens (primary N) is 2. The molecular weight excluding hydrogens is 494 g/mol. The molecule has 39 heavy (non-hydrogen) atoms. The highest BCUT2D eigenvalue weighted by Crippen LogP contribution is 2.33. The summed E-state index contributed by atoms with van der Waals surface area (Å²) < 4.78 is 14.4. The van der Waals surface area contributed by atoms with Crippen molar-refractivity contribution in [1.82, 2.24) is 19.5 Å². The molecule has 5 N–H and O–H groups in total. The molecule has 1 aliphatic rings. The number of hydrogen-bond acceptors (Lipinski definition) is 9. The van der Waals surface area contributed by atoms with Gasteiger partial charge in [0.15, 0.2) is 0 Å². The topological polar surface area (TPSA) is 138 Å². The van der Waals surface area contributed by atoms with Gasteiger partial charge in [-0.05, 0) is 49.2 Å². The third kappa shape index (κ3) is 8.17. The Kier molecular flexibility index (Phi) is 12.2.